The summed E-state index contributed by atoms with van der Waals surface area (Å²) in [5, 5.41) is 3.83. The molecular formula is C15H22F3N3O2. The maximum absolute atomic E-state index is 12.8. The van der Waals surface area contributed by atoms with Gasteiger partial charge in [-0.15, -0.1) is 0 Å². The summed E-state index contributed by atoms with van der Waals surface area (Å²) < 4.78 is 43.3. The monoisotopic (exact) mass is 333 g/mol. The molecule has 0 aromatic carbocycles. The van der Waals surface area contributed by atoms with Crippen LogP contribution >= 0.6 is 0 Å². The minimum absolute atomic E-state index is 0.104. The zero-order valence-corrected chi connectivity index (χ0v) is 13.4. The smallest absolute Gasteiger partial charge is 0.342 e. The molecule has 1 amide bonds. The summed E-state index contributed by atoms with van der Waals surface area (Å²) in [7, 11) is 0. The number of piperidine rings is 1. The minimum Gasteiger partial charge on any atom is -0.342 e. The van der Waals surface area contributed by atoms with Crippen molar-refractivity contribution in [2.45, 2.75) is 58.0 Å². The van der Waals surface area contributed by atoms with Crippen molar-refractivity contribution in [1.29, 1.82) is 0 Å². The molecule has 1 saturated heterocycles. The van der Waals surface area contributed by atoms with Crippen LogP contribution in [0.4, 0.5) is 13.2 Å². The van der Waals surface area contributed by atoms with Crippen molar-refractivity contribution in [2.24, 2.45) is 5.92 Å². The molecule has 0 N–H and O–H groups in total. The highest BCUT2D eigenvalue weighted by atomic mass is 19.4. The van der Waals surface area contributed by atoms with Crippen molar-refractivity contribution in [3.8, 4) is 0 Å². The average molecular weight is 333 g/mol. The highest BCUT2D eigenvalue weighted by Crippen LogP contribution is 2.33. The molecule has 1 aliphatic rings. The van der Waals surface area contributed by atoms with Crippen molar-refractivity contribution >= 4 is 5.91 Å². The number of likely N-dealkylation sites (tertiary alicyclic amines) is 1. The number of hydrogen-bond donors (Lipinski definition) is 0. The van der Waals surface area contributed by atoms with E-state index in [9.17, 15) is 18.0 Å². The fraction of sp³-hybridized carbons (Fsp3) is 0.800. The van der Waals surface area contributed by atoms with Gasteiger partial charge in [0.1, 0.15) is 0 Å². The van der Waals surface area contributed by atoms with E-state index < -0.39 is 12.1 Å². The number of hydrogen-bond acceptors (Lipinski definition) is 4. The van der Waals surface area contributed by atoms with Crippen LogP contribution in [-0.4, -0.2) is 40.2 Å². The van der Waals surface area contributed by atoms with E-state index in [0.717, 1.165) is 0 Å². The van der Waals surface area contributed by atoms with E-state index in [4.69, 9.17) is 4.52 Å². The fourth-order valence-corrected chi connectivity index (χ4v) is 2.62. The molecule has 2 heterocycles. The Bertz CT molecular complexity index is 528. The Morgan fingerprint density at radius 1 is 1.43 bits per heavy atom. The van der Waals surface area contributed by atoms with Crippen LogP contribution in [0.3, 0.4) is 0 Å². The fourth-order valence-electron chi connectivity index (χ4n) is 2.62. The molecule has 0 unspecified atom stereocenters. The van der Waals surface area contributed by atoms with Gasteiger partial charge in [-0.1, -0.05) is 19.0 Å². The standard InChI is InChI=1S/C15H22F3N3O2/c1-10(2)14-19-12(23-20-14)6-3-7-13(22)21-8-4-5-11(9-21)15(16,17)18/h10-11H,3-9H2,1-2H3/t11-/m1/s1. The van der Waals surface area contributed by atoms with E-state index in [1.807, 2.05) is 13.8 Å². The van der Waals surface area contributed by atoms with Crippen molar-refractivity contribution in [3.63, 3.8) is 0 Å². The van der Waals surface area contributed by atoms with Gasteiger partial charge in [0, 0.05) is 31.8 Å². The van der Waals surface area contributed by atoms with E-state index in [2.05, 4.69) is 10.1 Å². The third kappa shape index (κ3) is 4.94. The first-order chi connectivity index (χ1) is 10.8. The molecule has 130 valence electrons. The zero-order chi connectivity index (χ0) is 17.0. The van der Waals surface area contributed by atoms with Crippen LogP contribution in [0.25, 0.3) is 0 Å². The molecule has 1 fully saturated rings. The second kappa shape index (κ2) is 7.31. The lowest BCUT2D eigenvalue weighted by Gasteiger charge is -2.33. The number of carbonyl (C=O) groups is 1. The summed E-state index contributed by atoms with van der Waals surface area (Å²) >= 11 is 0. The number of halogens is 3. The molecule has 1 aromatic heterocycles. The molecule has 2 rings (SSSR count). The Labute approximate surface area is 133 Å². The highest BCUT2D eigenvalue weighted by molar-refractivity contribution is 5.76. The van der Waals surface area contributed by atoms with E-state index >= 15 is 0 Å². The summed E-state index contributed by atoms with van der Waals surface area (Å²) in [6.07, 6.45) is -2.57. The van der Waals surface area contributed by atoms with Gasteiger partial charge in [0.15, 0.2) is 5.82 Å². The maximum atomic E-state index is 12.8. The Morgan fingerprint density at radius 3 is 2.78 bits per heavy atom. The lowest BCUT2D eigenvalue weighted by atomic mass is 9.97. The Hall–Kier alpha value is -1.60. The van der Waals surface area contributed by atoms with Crippen molar-refractivity contribution < 1.29 is 22.5 Å². The second-order valence-corrected chi connectivity index (χ2v) is 6.28. The molecule has 1 aromatic rings. The number of aromatic nitrogens is 2. The summed E-state index contributed by atoms with van der Waals surface area (Å²) in [4.78, 5) is 17.6. The molecule has 0 spiro atoms. The number of carbonyl (C=O) groups excluding carboxylic acids is 1. The van der Waals surface area contributed by atoms with Crippen LogP contribution in [0.5, 0.6) is 0 Å². The SMILES string of the molecule is CC(C)c1noc(CCCC(=O)N2CCC[C@@H](C(F)(F)F)C2)n1. The molecule has 0 saturated carbocycles. The van der Waals surface area contributed by atoms with Gasteiger partial charge in [-0.25, -0.2) is 0 Å². The quantitative estimate of drug-likeness (QED) is 0.829. The highest BCUT2D eigenvalue weighted by Gasteiger charge is 2.42. The van der Waals surface area contributed by atoms with E-state index in [0.29, 0.717) is 37.5 Å². The molecule has 1 aliphatic heterocycles. The van der Waals surface area contributed by atoms with Gasteiger partial charge in [0.25, 0.3) is 0 Å². The summed E-state index contributed by atoms with van der Waals surface area (Å²) in [5.74, 6) is -0.377. The molecule has 5 nitrogen and oxygen atoms in total. The predicted octanol–water partition coefficient (Wildman–Crippen LogP) is 3.32. The van der Waals surface area contributed by atoms with Crippen LogP contribution in [0, 0.1) is 5.92 Å². The largest absolute Gasteiger partial charge is 0.393 e. The first-order valence-corrected chi connectivity index (χ1v) is 7.94. The summed E-state index contributed by atoms with van der Waals surface area (Å²) in [5.41, 5.74) is 0. The second-order valence-electron chi connectivity index (χ2n) is 6.28. The summed E-state index contributed by atoms with van der Waals surface area (Å²) in [6.45, 7) is 4.08. The van der Waals surface area contributed by atoms with Crippen molar-refractivity contribution in [2.75, 3.05) is 13.1 Å². The number of rotatable bonds is 5. The minimum atomic E-state index is -4.23. The molecule has 8 heteroatoms. The average Bonchev–Trinajstić information content (AvgIpc) is 2.95. The van der Waals surface area contributed by atoms with Gasteiger partial charge in [-0.05, 0) is 19.3 Å². The third-order valence-corrected chi connectivity index (χ3v) is 4.02. The van der Waals surface area contributed by atoms with Gasteiger partial charge < -0.3 is 9.42 Å². The van der Waals surface area contributed by atoms with Gasteiger partial charge >= 0.3 is 6.18 Å². The van der Waals surface area contributed by atoms with Gasteiger partial charge in [0.05, 0.1) is 5.92 Å². The van der Waals surface area contributed by atoms with Gasteiger partial charge in [-0.3, -0.25) is 4.79 Å². The molecule has 0 bridgehead atoms. The maximum Gasteiger partial charge on any atom is 0.393 e. The molecule has 0 radical (unpaired) electrons. The number of alkyl halides is 3. The van der Waals surface area contributed by atoms with Crippen LogP contribution in [-0.2, 0) is 11.2 Å². The van der Waals surface area contributed by atoms with Crippen molar-refractivity contribution in [3.05, 3.63) is 11.7 Å². The molecule has 0 aliphatic carbocycles. The molecular weight excluding hydrogens is 311 g/mol. The van der Waals surface area contributed by atoms with E-state index in [1.165, 1.54) is 4.90 Å². The Balaban J connectivity index is 1.78. The first kappa shape index (κ1) is 17.7. The lowest BCUT2D eigenvalue weighted by molar-refractivity contribution is -0.188. The summed E-state index contributed by atoms with van der Waals surface area (Å²) in [6, 6.07) is 0. The predicted molar refractivity (Wildman–Crippen MR) is 76.7 cm³/mol. The van der Waals surface area contributed by atoms with E-state index in [-0.39, 0.29) is 31.2 Å². The molecule has 1 atom stereocenters. The molecule has 23 heavy (non-hydrogen) atoms. The first-order valence-electron chi connectivity index (χ1n) is 7.94. The number of nitrogens with zero attached hydrogens (tertiary/aromatic N) is 3. The topological polar surface area (TPSA) is 59.2 Å². The van der Waals surface area contributed by atoms with Crippen LogP contribution in [0.15, 0.2) is 4.52 Å². The zero-order valence-electron chi connectivity index (χ0n) is 13.4. The van der Waals surface area contributed by atoms with Gasteiger partial charge in [0.2, 0.25) is 11.8 Å². The normalized spacial score (nSPS) is 19.4. The third-order valence-electron chi connectivity index (χ3n) is 4.02. The number of aryl methyl sites for hydroxylation is 1. The van der Waals surface area contributed by atoms with Gasteiger partial charge in [-0.2, -0.15) is 18.2 Å². The Morgan fingerprint density at radius 2 is 2.17 bits per heavy atom. The van der Waals surface area contributed by atoms with Crippen molar-refractivity contribution in [1.82, 2.24) is 15.0 Å². The lowest BCUT2D eigenvalue weighted by Crippen LogP contribution is -2.44. The van der Waals surface area contributed by atoms with Crippen LogP contribution in [0.2, 0.25) is 0 Å². The number of amides is 1. The Kier molecular flexibility index (Phi) is 5.64. The van der Waals surface area contributed by atoms with Crippen LogP contribution in [0.1, 0.15) is 57.2 Å². The van der Waals surface area contributed by atoms with Crippen LogP contribution < -0.4 is 0 Å². The van der Waals surface area contributed by atoms with E-state index in [1.54, 1.807) is 0 Å².